The van der Waals surface area contributed by atoms with Gasteiger partial charge in [-0.25, -0.2) is 0 Å². The van der Waals surface area contributed by atoms with E-state index in [0.29, 0.717) is 13.0 Å². The summed E-state index contributed by atoms with van der Waals surface area (Å²) in [6.07, 6.45) is 0.448. The summed E-state index contributed by atoms with van der Waals surface area (Å²) in [5.74, 6) is -0.542. The van der Waals surface area contributed by atoms with Gasteiger partial charge in [-0.3, -0.25) is 9.59 Å². The molecule has 1 aliphatic carbocycles. The van der Waals surface area contributed by atoms with Gasteiger partial charge in [-0.2, -0.15) is 0 Å². The monoisotopic (exact) mass is 271 g/mol. The van der Waals surface area contributed by atoms with E-state index in [1.165, 1.54) is 7.05 Å². The second-order valence-corrected chi connectivity index (χ2v) is 5.65. The van der Waals surface area contributed by atoms with Crippen LogP contribution in [0.15, 0.2) is 0 Å². The number of likely N-dealkylation sites (N-methyl/N-ethyl adjacent to an activating group) is 1. The third-order valence-corrected chi connectivity index (χ3v) is 4.22. The van der Waals surface area contributed by atoms with Crippen molar-refractivity contribution in [3.63, 3.8) is 0 Å². The number of hydrogen-bond donors (Lipinski definition) is 3. The maximum Gasteiger partial charge on any atom is 0.242 e. The Morgan fingerprint density at radius 2 is 2.05 bits per heavy atom. The smallest absolute Gasteiger partial charge is 0.242 e. The summed E-state index contributed by atoms with van der Waals surface area (Å²) in [5, 5.41) is 5.15. The van der Waals surface area contributed by atoms with Crippen molar-refractivity contribution in [3.05, 3.63) is 0 Å². The van der Waals surface area contributed by atoms with Crippen molar-refractivity contribution < 1.29 is 14.3 Å². The summed E-state index contributed by atoms with van der Waals surface area (Å²) in [7, 11) is 1.53. The van der Waals surface area contributed by atoms with Gasteiger partial charge in [-0.15, -0.1) is 0 Å². The summed E-state index contributed by atoms with van der Waals surface area (Å²) < 4.78 is 5.57. The second-order valence-electron chi connectivity index (χ2n) is 5.65. The van der Waals surface area contributed by atoms with Gasteiger partial charge in [0, 0.05) is 25.5 Å². The van der Waals surface area contributed by atoms with Crippen LogP contribution in [0.4, 0.5) is 0 Å². The first-order valence-corrected chi connectivity index (χ1v) is 6.63. The Hall–Kier alpha value is -1.14. The number of nitrogens with two attached hydrogens (primary N) is 1. The van der Waals surface area contributed by atoms with Gasteiger partial charge in [0.25, 0.3) is 0 Å². The number of ether oxygens (including phenoxy) is 1. The van der Waals surface area contributed by atoms with Gasteiger partial charge in [0.1, 0.15) is 11.6 Å². The lowest BCUT2D eigenvalue weighted by atomic mass is 9.54. The van der Waals surface area contributed by atoms with Crippen molar-refractivity contribution in [2.75, 3.05) is 13.7 Å². The van der Waals surface area contributed by atoms with Gasteiger partial charge < -0.3 is 21.1 Å². The Balaban J connectivity index is 2.70. The van der Waals surface area contributed by atoms with E-state index in [4.69, 9.17) is 10.5 Å². The van der Waals surface area contributed by atoms with Crippen LogP contribution in [0, 0.1) is 5.41 Å². The van der Waals surface area contributed by atoms with Crippen LogP contribution >= 0.6 is 0 Å². The van der Waals surface area contributed by atoms with E-state index in [2.05, 4.69) is 10.6 Å². The van der Waals surface area contributed by atoms with Crippen molar-refractivity contribution in [2.24, 2.45) is 11.1 Å². The molecule has 6 heteroatoms. The molecular weight excluding hydrogens is 246 g/mol. The predicted octanol–water partition coefficient (Wildman–Crippen LogP) is -0.230. The Kier molecular flexibility index (Phi) is 4.58. The lowest BCUT2D eigenvalue weighted by Crippen LogP contribution is -2.76. The van der Waals surface area contributed by atoms with Gasteiger partial charge in [0.2, 0.25) is 11.8 Å². The Morgan fingerprint density at radius 1 is 1.47 bits per heavy atom. The fourth-order valence-corrected chi connectivity index (χ4v) is 2.43. The van der Waals surface area contributed by atoms with E-state index in [-0.39, 0.29) is 17.9 Å². The number of carbonyl (C=O) groups is 2. The lowest BCUT2D eigenvalue weighted by Gasteiger charge is -2.57. The van der Waals surface area contributed by atoms with Crippen molar-refractivity contribution in [3.8, 4) is 0 Å². The first kappa shape index (κ1) is 15.9. The molecule has 0 aromatic carbocycles. The van der Waals surface area contributed by atoms with Crippen LogP contribution in [-0.2, 0) is 14.3 Å². The van der Waals surface area contributed by atoms with Gasteiger partial charge in [-0.1, -0.05) is 13.8 Å². The van der Waals surface area contributed by atoms with Crippen LogP contribution < -0.4 is 16.4 Å². The number of rotatable bonds is 5. The van der Waals surface area contributed by atoms with Gasteiger partial charge in [-0.05, 0) is 13.8 Å². The van der Waals surface area contributed by atoms with Gasteiger partial charge in [0.05, 0.1) is 6.10 Å². The van der Waals surface area contributed by atoms with E-state index in [1.54, 1.807) is 6.92 Å². The van der Waals surface area contributed by atoms with E-state index < -0.39 is 17.0 Å². The highest BCUT2D eigenvalue weighted by Crippen LogP contribution is 2.49. The molecule has 0 aliphatic heterocycles. The minimum Gasteiger partial charge on any atom is -0.378 e. The highest BCUT2D eigenvalue weighted by atomic mass is 16.5. The van der Waals surface area contributed by atoms with Crippen LogP contribution in [0.3, 0.4) is 0 Å². The Bertz CT molecular complexity index is 370. The minimum atomic E-state index is -0.991. The molecule has 0 aromatic rings. The molecule has 19 heavy (non-hydrogen) atoms. The molecule has 6 nitrogen and oxygen atoms in total. The molecule has 4 N–H and O–H groups in total. The quantitative estimate of drug-likeness (QED) is 0.644. The molecule has 0 radical (unpaired) electrons. The Labute approximate surface area is 114 Å². The normalized spacial score (nSPS) is 30.1. The van der Waals surface area contributed by atoms with Crippen molar-refractivity contribution in [1.82, 2.24) is 10.6 Å². The first-order valence-electron chi connectivity index (χ1n) is 6.63. The number of carbonyl (C=O) groups excluding carboxylic acids is 2. The summed E-state index contributed by atoms with van der Waals surface area (Å²) in [6, 6.07) is -0.597. The molecule has 0 heterocycles. The van der Waals surface area contributed by atoms with Crippen LogP contribution in [0.1, 0.15) is 34.1 Å². The fraction of sp³-hybridized carbons (Fsp3) is 0.846. The van der Waals surface area contributed by atoms with Crippen LogP contribution in [0.25, 0.3) is 0 Å². The molecule has 0 saturated heterocycles. The zero-order chi connectivity index (χ0) is 14.8. The highest BCUT2D eigenvalue weighted by Gasteiger charge is 2.63. The zero-order valence-electron chi connectivity index (χ0n) is 12.4. The van der Waals surface area contributed by atoms with Gasteiger partial charge in [0.15, 0.2) is 0 Å². The maximum atomic E-state index is 12.3. The summed E-state index contributed by atoms with van der Waals surface area (Å²) in [6.45, 7) is 7.98. The lowest BCUT2D eigenvalue weighted by molar-refractivity contribution is -0.171. The predicted molar refractivity (Wildman–Crippen MR) is 72.4 cm³/mol. The molecule has 1 aliphatic rings. The van der Waals surface area contributed by atoms with Crippen molar-refractivity contribution in [1.29, 1.82) is 0 Å². The molecular formula is C13H25N3O3. The van der Waals surface area contributed by atoms with Crippen molar-refractivity contribution in [2.45, 2.75) is 51.8 Å². The van der Waals surface area contributed by atoms with Gasteiger partial charge >= 0.3 is 0 Å². The largest absolute Gasteiger partial charge is 0.378 e. The average Bonchev–Trinajstić information content (AvgIpc) is 2.36. The third kappa shape index (κ3) is 2.60. The van der Waals surface area contributed by atoms with Crippen LogP contribution in [0.2, 0.25) is 0 Å². The standard InChI is InChI=1S/C13H25N3O3/c1-6-19-9-7-13(14,12(9,3)4)11(18)16-8(2)10(17)15-5/h8-9H,6-7,14H2,1-5H3,(H,15,17)(H,16,18). The number of hydrogen-bond acceptors (Lipinski definition) is 4. The molecule has 0 spiro atoms. The second kappa shape index (κ2) is 5.46. The molecule has 1 saturated carbocycles. The molecule has 2 amide bonds. The van der Waals surface area contributed by atoms with E-state index in [0.717, 1.165) is 0 Å². The molecule has 110 valence electrons. The molecule has 1 fully saturated rings. The topological polar surface area (TPSA) is 93.4 Å². The number of amides is 2. The first-order chi connectivity index (χ1) is 8.70. The summed E-state index contributed by atoms with van der Waals surface area (Å²) >= 11 is 0. The van der Waals surface area contributed by atoms with Crippen LogP contribution in [0.5, 0.6) is 0 Å². The molecule has 0 bridgehead atoms. The minimum absolute atomic E-state index is 0.0245. The molecule has 0 aromatic heterocycles. The summed E-state index contributed by atoms with van der Waals surface area (Å²) in [5.41, 5.74) is 4.77. The van der Waals surface area contributed by atoms with Crippen molar-refractivity contribution >= 4 is 11.8 Å². The SMILES string of the molecule is CCOC1CC(N)(C(=O)NC(C)C(=O)NC)C1(C)C. The van der Waals surface area contributed by atoms with Crippen LogP contribution in [-0.4, -0.2) is 43.2 Å². The molecule has 3 atom stereocenters. The zero-order valence-corrected chi connectivity index (χ0v) is 12.4. The average molecular weight is 271 g/mol. The Morgan fingerprint density at radius 3 is 2.47 bits per heavy atom. The number of nitrogens with one attached hydrogen (secondary N) is 2. The van der Waals surface area contributed by atoms with E-state index in [1.807, 2.05) is 20.8 Å². The molecule has 1 rings (SSSR count). The maximum absolute atomic E-state index is 12.3. The third-order valence-electron chi connectivity index (χ3n) is 4.22. The van der Waals surface area contributed by atoms with E-state index >= 15 is 0 Å². The highest BCUT2D eigenvalue weighted by molar-refractivity contribution is 5.93. The fourth-order valence-electron chi connectivity index (χ4n) is 2.43. The summed E-state index contributed by atoms with van der Waals surface area (Å²) in [4.78, 5) is 23.7. The molecule has 3 unspecified atom stereocenters. The van der Waals surface area contributed by atoms with E-state index in [9.17, 15) is 9.59 Å².